The summed E-state index contributed by atoms with van der Waals surface area (Å²) in [5.41, 5.74) is 13.4. The van der Waals surface area contributed by atoms with Crippen LogP contribution in [0.5, 0.6) is 23.0 Å². The predicted molar refractivity (Wildman–Crippen MR) is 328 cm³/mol. The van der Waals surface area contributed by atoms with Crippen molar-refractivity contribution in [1.29, 1.82) is 0 Å². The van der Waals surface area contributed by atoms with Crippen LogP contribution in [0.25, 0.3) is 0 Å². The van der Waals surface area contributed by atoms with Gasteiger partial charge in [0, 0.05) is 84.4 Å². The first-order valence-electron chi connectivity index (χ1n) is 28.1. The number of methoxy groups -OCH3 is 6. The molecule has 4 aliphatic rings. The molecule has 15 nitrogen and oxygen atoms in total. The van der Waals surface area contributed by atoms with E-state index in [1.54, 1.807) is 47.6 Å². The Morgan fingerprint density at radius 3 is 1.17 bits per heavy atom. The van der Waals surface area contributed by atoms with Gasteiger partial charge in [0.15, 0.2) is 0 Å². The van der Waals surface area contributed by atoms with Crippen LogP contribution in [0.1, 0.15) is 95.2 Å². The maximum absolute atomic E-state index is 14.1. The Kier molecular flexibility index (Phi) is 26.4. The third-order valence-electron chi connectivity index (χ3n) is 16.4. The van der Waals surface area contributed by atoms with Gasteiger partial charge in [-0.3, -0.25) is 24.4 Å². The van der Waals surface area contributed by atoms with Crippen molar-refractivity contribution in [2.24, 2.45) is 0 Å². The molecule has 0 unspecified atom stereocenters. The normalized spacial score (nSPS) is 16.9. The molecular weight excluding hydrogens is 1080 g/mol. The van der Waals surface area contributed by atoms with Crippen molar-refractivity contribution in [3.8, 4) is 23.0 Å². The van der Waals surface area contributed by atoms with Gasteiger partial charge in [-0.05, 0) is 160 Å². The number of allylic oxidation sites excluding steroid dienone is 3. The first-order chi connectivity index (χ1) is 38.6. The Bertz CT molecular complexity index is 2840. The number of aryl methyl sites for hydroxylation is 4. The number of ether oxygens (including phenoxy) is 6. The minimum atomic E-state index is -0.826. The van der Waals surface area contributed by atoms with Crippen LogP contribution < -0.4 is 31.4 Å². The van der Waals surface area contributed by atoms with E-state index in [-0.39, 0.29) is 60.0 Å². The average molecular weight is 1170 g/mol. The summed E-state index contributed by atoms with van der Waals surface area (Å²) in [7, 11) is 9.95. The summed E-state index contributed by atoms with van der Waals surface area (Å²) in [4.78, 5) is 53.6. The molecule has 4 aromatic rings. The quantitative estimate of drug-likeness (QED) is 0.0514. The van der Waals surface area contributed by atoms with Crippen LogP contribution in [0.3, 0.4) is 0 Å². The molecule has 0 N–H and O–H groups in total. The van der Waals surface area contributed by atoms with Crippen LogP contribution in [0.2, 0.25) is 0 Å². The minimum absolute atomic E-state index is 0. The molecule has 0 bridgehead atoms. The van der Waals surface area contributed by atoms with Crippen LogP contribution >= 0.6 is 0 Å². The SMILES string of the molecule is C=C(C)C=C1N(Cc2cc(C)c(C)c(C)c2)C(=O)N(CCOC)C12CCN(Cc1cc(OC)cc(OC)c1)CC2.C=C([CH2-])C.COCCN1C(=O)N(Cc2cc(C)c(C)c(C)c2)C(=O)C12CCN(Cc1cc(OC)cc(OC)c1)CC2.[Cl-].[Mg+2]. The Labute approximate surface area is 518 Å². The second-order valence-electron chi connectivity index (χ2n) is 22.4. The summed E-state index contributed by atoms with van der Waals surface area (Å²) in [6.07, 6.45) is 4.98. The number of urea groups is 2. The number of piperidine rings is 2. The molecule has 0 atom stereocenters. The maximum atomic E-state index is 14.1. The number of benzene rings is 4. The molecule has 4 saturated heterocycles. The number of hydrogen-bond acceptors (Lipinski definition) is 11. The van der Waals surface area contributed by atoms with Gasteiger partial charge < -0.3 is 50.6 Å². The van der Waals surface area contributed by atoms with Gasteiger partial charge in [0.25, 0.3) is 5.91 Å². The van der Waals surface area contributed by atoms with E-state index in [2.05, 4.69) is 119 Å². The van der Waals surface area contributed by atoms with Crippen LogP contribution in [-0.4, -0.2) is 177 Å². The second-order valence-corrected chi connectivity index (χ2v) is 22.4. The van der Waals surface area contributed by atoms with Crippen molar-refractivity contribution >= 4 is 41.0 Å². The van der Waals surface area contributed by atoms with E-state index < -0.39 is 11.1 Å². The van der Waals surface area contributed by atoms with Crippen molar-refractivity contribution in [2.75, 3.05) is 95.1 Å². The Morgan fingerprint density at radius 2 is 0.831 bits per heavy atom. The summed E-state index contributed by atoms with van der Waals surface area (Å²) >= 11 is 0. The van der Waals surface area contributed by atoms with Gasteiger partial charge in [0.2, 0.25) is 0 Å². The number of nitrogens with zero attached hydrogens (tertiary/aromatic N) is 6. The minimum Gasteiger partial charge on any atom is -1.00 e. The van der Waals surface area contributed by atoms with Gasteiger partial charge in [0.05, 0.1) is 60.3 Å². The van der Waals surface area contributed by atoms with Crippen molar-refractivity contribution in [3.63, 3.8) is 0 Å². The number of rotatable bonds is 19. The summed E-state index contributed by atoms with van der Waals surface area (Å²) in [6.45, 7) is 34.9. The molecule has 4 aromatic carbocycles. The van der Waals surface area contributed by atoms with Crippen molar-refractivity contribution in [1.82, 2.24) is 29.4 Å². The first-order valence-corrected chi connectivity index (χ1v) is 28.1. The number of amides is 5. The third kappa shape index (κ3) is 16.8. The van der Waals surface area contributed by atoms with E-state index in [0.29, 0.717) is 58.8 Å². The van der Waals surface area contributed by atoms with E-state index in [1.807, 2.05) is 43.0 Å². The predicted octanol–water partition coefficient (Wildman–Crippen LogP) is 8.10. The summed E-state index contributed by atoms with van der Waals surface area (Å²) < 4.78 is 32.6. The van der Waals surface area contributed by atoms with Crippen LogP contribution in [-0.2, 0) is 40.4 Å². The zero-order valence-corrected chi connectivity index (χ0v) is 54.4. The second kappa shape index (κ2) is 31.4. The molecular formula is C66H91ClMgN6O9. The van der Waals surface area contributed by atoms with E-state index in [0.717, 1.165) is 101 Å². The fourth-order valence-corrected chi connectivity index (χ4v) is 11.7. The average Bonchev–Trinajstić information content (AvgIpc) is 1.80. The van der Waals surface area contributed by atoms with E-state index >= 15 is 0 Å². The maximum Gasteiger partial charge on any atom is 2.00 e. The monoisotopic (exact) mass is 1170 g/mol. The zero-order valence-electron chi connectivity index (χ0n) is 52.2. The number of halogens is 1. The molecule has 0 aliphatic carbocycles. The zero-order chi connectivity index (χ0) is 59.3. The number of imide groups is 1. The van der Waals surface area contributed by atoms with Crippen LogP contribution in [0.15, 0.2) is 96.7 Å². The summed E-state index contributed by atoms with van der Waals surface area (Å²) in [5.74, 6) is 3.00. The van der Waals surface area contributed by atoms with E-state index in [4.69, 9.17) is 28.4 Å². The fourth-order valence-electron chi connectivity index (χ4n) is 11.7. The Balaban J connectivity index is 0.000000328. The topological polar surface area (TPSA) is 126 Å². The van der Waals surface area contributed by atoms with Gasteiger partial charge in [-0.25, -0.2) is 28.7 Å². The Hall–Kier alpha value is -5.72. The Morgan fingerprint density at radius 1 is 0.518 bits per heavy atom. The molecule has 8 rings (SSSR count). The fraction of sp³-hybridized carbons (Fsp3) is 0.485. The molecule has 0 saturated carbocycles. The number of likely N-dealkylation sites (tertiary alicyclic amines) is 2. The molecule has 448 valence electrons. The number of carbonyl (C=O) groups excluding carboxylic acids is 3. The molecule has 0 aromatic heterocycles. The molecule has 4 fully saturated rings. The van der Waals surface area contributed by atoms with Gasteiger partial charge in [-0.1, -0.05) is 43.3 Å². The molecule has 4 heterocycles. The molecule has 2 spiro atoms. The van der Waals surface area contributed by atoms with Crippen LogP contribution in [0.4, 0.5) is 9.59 Å². The van der Waals surface area contributed by atoms with Gasteiger partial charge in [0.1, 0.15) is 28.5 Å². The molecule has 4 aliphatic heterocycles. The molecule has 0 radical (unpaired) electrons. The third-order valence-corrected chi connectivity index (χ3v) is 16.4. The van der Waals surface area contributed by atoms with Gasteiger partial charge >= 0.3 is 35.1 Å². The van der Waals surface area contributed by atoms with Gasteiger partial charge in [-0.15, -0.1) is 0 Å². The standard InChI is InChI=1S/C33H45N3O4.C29H39N3O5.C4H7.ClH.Mg/c1-23(2)15-31-33(9-11-34(12-10-33)21-28-18-29(39-7)20-30(19-28)40-8)36(13-14-38-6)32(37)35(31)22-27-16-24(3)26(5)25(4)17-27;1-20-13-23(14-21(2)22(20)3)19-31-27(33)29(32(28(31)34)11-12-35-4)7-9-30(10-8-29)18-24-15-25(36-5)17-26(16-24)37-6;1-4(2)3;;/h15-20H,1,9-14,21-22H2,2-8H3;13-17H,7-12,18-19H2,1-6H3;1-2H2,3H3;1H;/q;;-1;;+2/p-1. The number of hydrogen-bond donors (Lipinski definition) is 0. The number of carbonyl (C=O) groups is 3. The summed E-state index contributed by atoms with van der Waals surface area (Å²) in [6, 6.07) is 20.3. The molecule has 17 heteroatoms. The smallest absolute Gasteiger partial charge is 1.00 e. The van der Waals surface area contributed by atoms with Crippen molar-refractivity contribution in [2.45, 2.75) is 118 Å². The first kappa shape index (κ1) is 69.8. The summed E-state index contributed by atoms with van der Waals surface area (Å²) in [5, 5.41) is 0. The molecule has 83 heavy (non-hydrogen) atoms. The van der Waals surface area contributed by atoms with E-state index in [9.17, 15) is 14.4 Å². The van der Waals surface area contributed by atoms with Crippen molar-refractivity contribution < 1.29 is 55.2 Å². The van der Waals surface area contributed by atoms with Crippen LogP contribution in [0, 0.1) is 48.5 Å². The van der Waals surface area contributed by atoms with Crippen molar-refractivity contribution in [3.05, 3.63) is 159 Å². The molecule has 5 amide bonds. The van der Waals surface area contributed by atoms with E-state index in [1.165, 1.54) is 38.3 Å². The largest absolute Gasteiger partial charge is 2.00 e. The van der Waals surface area contributed by atoms with Gasteiger partial charge in [-0.2, -0.15) is 0 Å².